The fourth-order valence-electron chi connectivity index (χ4n) is 11.8. The molecule has 7 aromatic rings. The van der Waals surface area contributed by atoms with E-state index in [1.54, 1.807) is 20.8 Å². The van der Waals surface area contributed by atoms with E-state index in [0.29, 0.717) is 66.8 Å². The molecular weight excluding hydrogens is 961 g/mol. The number of carbonyl (C=O) groups excluding carboxylic acids is 3. The van der Waals surface area contributed by atoms with Crippen LogP contribution in [0, 0.1) is 20.8 Å². The molecule has 0 aliphatic heterocycles. The van der Waals surface area contributed by atoms with Crippen molar-refractivity contribution in [3.63, 3.8) is 0 Å². The van der Waals surface area contributed by atoms with E-state index >= 15 is 14.4 Å². The van der Waals surface area contributed by atoms with E-state index < -0.39 is 49.8 Å². The number of ketones is 3. The average molecular weight is 1050 g/mol. The maximum absolute atomic E-state index is 16.8. The highest BCUT2D eigenvalue weighted by Gasteiger charge is 2.41. The van der Waals surface area contributed by atoms with Crippen LogP contribution in [-0.2, 0) is 32.5 Å². The van der Waals surface area contributed by atoms with E-state index in [0.717, 1.165) is 16.7 Å². The van der Waals surface area contributed by atoms with E-state index in [2.05, 4.69) is 0 Å². The Balaban J connectivity index is 1.77. The minimum atomic E-state index is -0.791. The van der Waals surface area contributed by atoms with Crippen LogP contribution >= 0.6 is 0 Å². The molecule has 0 saturated carbocycles. The second-order valence-corrected chi connectivity index (χ2v) is 27.8. The highest BCUT2D eigenvalue weighted by molar-refractivity contribution is 6.25. The summed E-state index contributed by atoms with van der Waals surface area (Å²) in [6.07, 6.45) is 0. The lowest BCUT2D eigenvalue weighted by molar-refractivity contribution is 0.103. The highest BCUT2D eigenvalue weighted by atomic mass is 16.3. The number of hydrogen-bond acceptors (Lipinski definition) is 6. The molecule has 0 fully saturated rings. The van der Waals surface area contributed by atoms with Gasteiger partial charge in [-0.05, 0) is 122 Å². The molecule has 0 unspecified atom stereocenters. The molecule has 0 saturated heterocycles. The number of phenols is 3. The van der Waals surface area contributed by atoms with Gasteiger partial charge >= 0.3 is 0 Å². The molecule has 0 heterocycles. The van der Waals surface area contributed by atoms with Crippen molar-refractivity contribution in [3.05, 3.63) is 193 Å². The van der Waals surface area contributed by atoms with Crippen molar-refractivity contribution < 1.29 is 29.7 Å². The monoisotopic (exact) mass is 1040 g/mol. The molecule has 0 atom stereocenters. The summed E-state index contributed by atoms with van der Waals surface area (Å²) >= 11 is 0. The number of phenolic OH excluding ortho intramolecular Hbond substituents is 3. The molecule has 0 amide bonds. The smallest absolute Gasteiger partial charge is 0.194 e. The first-order chi connectivity index (χ1) is 35.8. The van der Waals surface area contributed by atoms with Crippen LogP contribution in [0.15, 0.2) is 109 Å². The number of aromatic hydroxyl groups is 3. The Morgan fingerprint density at radius 1 is 0.295 bits per heavy atom. The third kappa shape index (κ3) is 10.6. The van der Waals surface area contributed by atoms with Gasteiger partial charge < -0.3 is 15.3 Å². The minimum absolute atomic E-state index is 0.0153. The maximum Gasteiger partial charge on any atom is 0.194 e. The first kappa shape index (κ1) is 58.6. The molecule has 0 aromatic heterocycles. The molecule has 0 spiro atoms. The Kier molecular flexibility index (Phi) is 15.3. The van der Waals surface area contributed by atoms with Crippen molar-refractivity contribution in [3.8, 4) is 50.6 Å². The number of rotatable bonds is 9. The second-order valence-electron chi connectivity index (χ2n) is 27.8. The lowest BCUT2D eigenvalue weighted by Gasteiger charge is -2.33. The van der Waals surface area contributed by atoms with Gasteiger partial charge in [-0.3, -0.25) is 14.4 Å². The first-order valence-electron chi connectivity index (χ1n) is 27.5. The van der Waals surface area contributed by atoms with Crippen molar-refractivity contribution in [2.75, 3.05) is 0 Å². The van der Waals surface area contributed by atoms with Crippen LogP contribution in [0.5, 0.6) is 17.2 Å². The van der Waals surface area contributed by atoms with Gasteiger partial charge in [0.05, 0.1) is 0 Å². The molecule has 78 heavy (non-hydrogen) atoms. The Labute approximate surface area is 466 Å². The van der Waals surface area contributed by atoms with E-state index in [9.17, 15) is 15.3 Å². The molecule has 0 radical (unpaired) electrons. The zero-order valence-electron chi connectivity index (χ0n) is 50.5. The Bertz CT molecular complexity index is 3120. The van der Waals surface area contributed by atoms with Crippen molar-refractivity contribution in [2.24, 2.45) is 0 Å². The highest BCUT2D eigenvalue weighted by Crippen LogP contribution is 2.51. The lowest BCUT2D eigenvalue weighted by atomic mass is 9.70. The summed E-state index contributed by atoms with van der Waals surface area (Å²) in [6, 6.07) is 34.8. The molecule has 7 rings (SSSR count). The molecule has 0 bridgehead atoms. The zero-order valence-corrected chi connectivity index (χ0v) is 50.5. The molecule has 7 aromatic carbocycles. The summed E-state index contributed by atoms with van der Waals surface area (Å²) < 4.78 is 0. The van der Waals surface area contributed by atoms with Gasteiger partial charge in [0, 0.05) is 66.8 Å². The standard InChI is InChI=1S/C72H84O6/c1-40-52(64(76)55-46(43-31-25-22-26-32-43)37-49(67(4,5)6)61(73)58(55)70(13,14)15)41(2)54(66(78)57-48(45-35-29-24-30-36-45)39-51(69(10,11)12)63(75)60(57)72(19,20)21)42(3)53(40)65(77)56-47(44-33-27-23-28-34-44)38-50(68(7,8)9)62(74)59(56)71(16,17)18/h22-39,73-75H,1-21H3. The van der Waals surface area contributed by atoms with Gasteiger partial charge in [-0.2, -0.15) is 0 Å². The van der Waals surface area contributed by atoms with Crippen LogP contribution in [0.2, 0.25) is 0 Å². The number of hydrogen-bond donors (Lipinski definition) is 3. The number of carbonyl (C=O) groups is 3. The van der Waals surface area contributed by atoms with Crippen LogP contribution in [0.25, 0.3) is 33.4 Å². The van der Waals surface area contributed by atoms with Gasteiger partial charge in [0.15, 0.2) is 17.3 Å². The summed E-state index contributed by atoms with van der Waals surface area (Å²) in [4.78, 5) is 50.5. The lowest BCUT2D eigenvalue weighted by Crippen LogP contribution is -2.27. The normalized spacial score (nSPS) is 12.7. The topological polar surface area (TPSA) is 112 Å². The predicted molar refractivity (Wildman–Crippen MR) is 324 cm³/mol. The molecule has 3 N–H and O–H groups in total. The van der Waals surface area contributed by atoms with Crippen LogP contribution in [-0.4, -0.2) is 32.7 Å². The van der Waals surface area contributed by atoms with Gasteiger partial charge in [-0.25, -0.2) is 0 Å². The van der Waals surface area contributed by atoms with Gasteiger partial charge in [0.2, 0.25) is 0 Å². The number of benzene rings is 7. The summed E-state index contributed by atoms with van der Waals surface area (Å²) in [7, 11) is 0. The van der Waals surface area contributed by atoms with Crippen molar-refractivity contribution in [1.82, 2.24) is 0 Å². The second kappa shape index (κ2) is 20.3. The summed E-state index contributed by atoms with van der Waals surface area (Å²) in [5.74, 6) is -1.32. The summed E-state index contributed by atoms with van der Waals surface area (Å²) in [5.41, 5.74) is 5.89. The Hall–Kier alpha value is -7.05. The third-order valence-corrected chi connectivity index (χ3v) is 15.4. The van der Waals surface area contributed by atoms with Gasteiger partial charge in [-0.1, -0.05) is 216 Å². The zero-order chi connectivity index (χ0) is 58.3. The fourth-order valence-corrected chi connectivity index (χ4v) is 11.8. The summed E-state index contributed by atoms with van der Waals surface area (Å²) in [6.45, 7) is 41.6. The summed E-state index contributed by atoms with van der Waals surface area (Å²) in [5, 5.41) is 38.0. The molecule has 6 heteroatoms. The molecule has 6 nitrogen and oxygen atoms in total. The molecule has 0 aliphatic rings. The molecular formula is C72H84O6. The Morgan fingerprint density at radius 2 is 0.487 bits per heavy atom. The quantitative estimate of drug-likeness (QED) is 0.124. The van der Waals surface area contributed by atoms with Crippen molar-refractivity contribution in [1.29, 1.82) is 0 Å². The van der Waals surface area contributed by atoms with Crippen LogP contribution in [0.3, 0.4) is 0 Å². The van der Waals surface area contributed by atoms with Crippen LogP contribution < -0.4 is 0 Å². The van der Waals surface area contributed by atoms with Gasteiger partial charge in [0.1, 0.15) is 17.2 Å². The average Bonchev–Trinajstić information content (AvgIpc) is 3.39. The van der Waals surface area contributed by atoms with E-state index in [-0.39, 0.29) is 50.6 Å². The van der Waals surface area contributed by atoms with Gasteiger partial charge in [0.25, 0.3) is 0 Å². The molecule has 408 valence electrons. The fraction of sp³-hybridized carbons (Fsp3) is 0.375. The SMILES string of the molecule is Cc1c(C(=O)c2c(-c3ccccc3)cc(C(C)(C)C)c(O)c2C(C)(C)C)c(C)c(C(=O)c2c(-c3ccccc3)cc(C(C)(C)C)c(O)c2C(C)(C)C)c(C)c1C(=O)c1c(-c2ccccc2)cc(C(C)(C)C)c(O)c1C(C)(C)C. The minimum Gasteiger partial charge on any atom is -0.507 e. The van der Waals surface area contributed by atoms with Gasteiger partial charge in [-0.15, -0.1) is 0 Å². The van der Waals surface area contributed by atoms with Crippen LogP contribution in [0.1, 0.15) is 222 Å². The maximum atomic E-state index is 16.8. The van der Waals surface area contributed by atoms with E-state index in [1.807, 2.05) is 234 Å². The largest absolute Gasteiger partial charge is 0.507 e. The third-order valence-electron chi connectivity index (χ3n) is 15.4. The van der Waals surface area contributed by atoms with E-state index in [1.165, 1.54) is 0 Å². The van der Waals surface area contributed by atoms with Crippen molar-refractivity contribution >= 4 is 17.3 Å². The first-order valence-corrected chi connectivity index (χ1v) is 27.5. The predicted octanol–water partition coefficient (Wildman–Crippen LogP) is 18.2. The Morgan fingerprint density at radius 3 is 0.654 bits per heavy atom. The molecule has 0 aliphatic carbocycles. The van der Waals surface area contributed by atoms with E-state index in [4.69, 9.17) is 0 Å². The van der Waals surface area contributed by atoms with Crippen LogP contribution in [0.4, 0.5) is 0 Å². The van der Waals surface area contributed by atoms with Crippen molar-refractivity contribution in [2.45, 2.75) is 178 Å².